The Bertz CT molecular complexity index is 270. The second-order valence-electron chi connectivity index (χ2n) is 3.54. The van der Waals surface area contributed by atoms with Crippen LogP contribution in [-0.4, -0.2) is 42.4 Å². The summed E-state index contributed by atoms with van der Waals surface area (Å²) in [5.74, 6) is 0.932. The minimum Gasteiger partial charge on any atom is -0.488 e. The van der Waals surface area contributed by atoms with Crippen molar-refractivity contribution in [1.82, 2.24) is 4.90 Å². The van der Waals surface area contributed by atoms with Crippen LogP contribution in [0.15, 0.2) is 30.3 Å². The van der Waals surface area contributed by atoms with Crippen LogP contribution in [0.3, 0.4) is 0 Å². The summed E-state index contributed by atoms with van der Waals surface area (Å²) >= 11 is 0. The van der Waals surface area contributed by atoms with Crippen LogP contribution >= 0.6 is 0 Å². The fraction of sp³-hybridized carbons (Fsp3) is 0.455. The average molecular weight is 193 g/mol. The Labute approximate surface area is 83.9 Å². The first-order chi connectivity index (χ1) is 6.88. The Kier molecular flexibility index (Phi) is 3.01. The van der Waals surface area contributed by atoms with Gasteiger partial charge in [-0.3, -0.25) is 4.90 Å². The van der Waals surface area contributed by atoms with Gasteiger partial charge >= 0.3 is 0 Å². The Hall–Kier alpha value is -1.06. The van der Waals surface area contributed by atoms with Crippen LogP contribution in [0.2, 0.25) is 0 Å². The van der Waals surface area contributed by atoms with Gasteiger partial charge in [-0.15, -0.1) is 0 Å². The average Bonchev–Trinajstić information content (AvgIpc) is 2.16. The molecule has 1 aromatic rings. The van der Waals surface area contributed by atoms with Gasteiger partial charge in [0.05, 0.1) is 6.61 Å². The summed E-state index contributed by atoms with van der Waals surface area (Å²) in [6, 6.07) is 9.86. The molecule has 3 nitrogen and oxygen atoms in total. The predicted octanol–water partition coefficient (Wildman–Crippen LogP) is 0.742. The molecule has 76 valence electrons. The molecule has 1 aliphatic heterocycles. The van der Waals surface area contributed by atoms with E-state index in [1.165, 1.54) is 0 Å². The number of likely N-dealkylation sites (tertiary alicyclic amines) is 1. The number of hydrogen-bond acceptors (Lipinski definition) is 3. The maximum absolute atomic E-state index is 8.70. The van der Waals surface area contributed by atoms with E-state index in [2.05, 4.69) is 4.90 Å². The van der Waals surface area contributed by atoms with E-state index >= 15 is 0 Å². The second kappa shape index (κ2) is 4.44. The third-order valence-electron chi connectivity index (χ3n) is 2.39. The molecule has 0 aromatic heterocycles. The number of ether oxygens (including phenoxy) is 1. The van der Waals surface area contributed by atoms with Crippen molar-refractivity contribution in [2.75, 3.05) is 26.2 Å². The number of hydrogen-bond donors (Lipinski definition) is 1. The van der Waals surface area contributed by atoms with E-state index < -0.39 is 0 Å². The van der Waals surface area contributed by atoms with Crippen molar-refractivity contribution >= 4 is 0 Å². The zero-order valence-corrected chi connectivity index (χ0v) is 8.10. The van der Waals surface area contributed by atoms with Crippen LogP contribution in [0, 0.1) is 0 Å². The summed E-state index contributed by atoms with van der Waals surface area (Å²) in [6.45, 7) is 2.84. The molecule has 3 heteroatoms. The lowest BCUT2D eigenvalue weighted by Gasteiger charge is -2.38. The lowest BCUT2D eigenvalue weighted by atomic mass is 10.1. The van der Waals surface area contributed by atoms with Crippen LogP contribution in [-0.2, 0) is 0 Å². The number of rotatable bonds is 4. The van der Waals surface area contributed by atoms with E-state index in [1.807, 2.05) is 30.3 Å². The molecule has 1 N–H and O–H groups in total. The summed E-state index contributed by atoms with van der Waals surface area (Å²) in [6.07, 6.45) is 0.295. The molecule has 1 aliphatic rings. The van der Waals surface area contributed by atoms with Gasteiger partial charge in [-0.1, -0.05) is 18.2 Å². The lowest BCUT2D eigenvalue weighted by molar-refractivity contribution is 0.0107. The monoisotopic (exact) mass is 193 g/mol. The van der Waals surface area contributed by atoms with Gasteiger partial charge in [0, 0.05) is 19.6 Å². The van der Waals surface area contributed by atoms with Gasteiger partial charge in [0.15, 0.2) is 0 Å². The summed E-state index contributed by atoms with van der Waals surface area (Å²) in [5.41, 5.74) is 0. The molecule has 0 radical (unpaired) electrons. The molecule has 0 bridgehead atoms. The largest absolute Gasteiger partial charge is 0.488 e. The quantitative estimate of drug-likeness (QED) is 0.765. The Morgan fingerprint density at radius 3 is 2.64 bits per heavy atom. The van der Waals surface area contributed by atoms with Gasteiger partial charge in [-0.2, -0.15) is 0 Å². The minimum absolute atomic E-state index is 0.234. The summed E-state index contributed by atoms with van der Waals surface area (Å²) in [5, 5.41) is 8.70. The third-order valence-corrected chi connectivity index (χ3v) is 2.39. The first-order valence-corrected chi connectivity index (χ1v) is 4.93. The first kappa shape index (κ1) is 9.49. The molecular weight excluding hydrogens is 178 g/mol. The zero-order chi connectivity index (χ0) is 9.80. The van der Waals surface area contributed by atoms with Gasteiger partial charge in [-0.25, -0.2) is 0 Å². The van der Waals surface area contributed by atoms with Crippen molar-refractivity contribution in [2.24, 2.45) is 0 Å². The zero-order valence-electron chi connectivity index (χ0n) is 8.10. The molecule has 0 saturated carbocycles. The van der Waals surface area contributed by atoms with Crippen molar-refractivity contribution in [3.05, 3.63) is 30.3 Å². The smallest absolute Gasteiger partial charge is 0.124 e. The fourth-order valence-electron chi connectivity index (χ4n) is 1.61. The number of β-amino-alcohol motifs (C(OH)–C–C–N with tert-alkyl or cyclic N) is 1. The molecule has 0 spiro atoms. The second-order valence-corrected chi connectivity index (χ2v) is 3.54. The normalized spacial score (nSPS) is 17.8. The van der Waals surface area contributed by atoms with Crippen LogP contribution in [0.4, 0.5) is 0 Å². The Morgan fingerprint density at radius 1 is 1.29 bits per heavy atom. The van der Waals surface area contributed by atoms with Gasteiger partial charge in [0.25, 0.3) is 0 Å². The van der Waals surface area contributed by atoms with E-state index in [1.54, 1.807) is 0 Å². The van der Waals surface area contributed by atoms with Crippen molar-refractivity contribution in [2.45, 2.75) is 6.10 Å². The molecule has 2 rings (SSSR count). The lowest BCUT2D eigenvalue weighted by Crippen LogP contribution is -2.54. The van der Waals surface area contributed by atoms with E-state index in [0.29, 0.717) is 6.10 Å². The predicted molar refractivity (Wildman–Crippen MR) is 54.4 cm³/mol. The van der Waals surface area contributed by atoms with Crippen molar-refractivity contribution in [3.63, 3.8) is 0 Å². The molecule has 1 aromatic carbocycles. The van der Waals surface area contributed by atoms with Crippen LogP contribution in [0.1, 0.15) is 0 Å². The van der Waals surface area contributed by atoms with E-state index in [9.17, 15) is 0 Å². The van der Waals surface area contributed by atoms with Crippen molar-refractivity contribution in [1.29, 1.82) is 0 Å². The summed E-state index contributed by atoms with van der Waals surface area (Å²) in [7, 11) is 0. The van der Waals surface area contributed by atoms with Gasteiger partial charge in [0.1, 0.15) is 11.9 Å². The Balaban J connectivity index is 1.74. The molecule has 1 fully saturated rings. The number of nitrogens with zero attached hydrogens (tertiary/aromatic N) is 1. The number of benzene rings is 1. The number of para-hydroxylation sites is 1. The molecule has 0 atom stereocenters. The highest BCUT2D eigenvalue weighted by molar-refractivity contribution is 5.21. The highest BCUT2D eigenvalue weighted by Crippen LogP contribution is 2.16. The fourth-order valence-corrected chi connectivity index (χ4v) is 1.61. The Morgan fingerprint density at radius 2 is 2.00 bits per heavy atom. The van der Waals surface area contributed by atoms with Crippen molar-refractivity contribution in [3.8, 4) is 5.75 Å². The van der Waals surface area contributed by atoms with Gasteiger partial charge < -0.3 is 9.84 Å². The standard InChI is InChI=1S/C11H15NO2/c13-7-6-12-8-11(9-12)14-10-4-2-1-3-5-10/h1-5,11,13H,6-9H2. The molecular formula is C11H15NO2. The molecule has 1 heterocycles. The van der Waals surface area contributed by atoms with Crippen LogP contribution in [0.5, 0.6) is 5.75 Å². The van der Waals surface area contributed by atoms with E-state index in [-0.39, 0.29) is 6.61 Å². The molecule has 0 unspecified atom stereocenters. The highest BCUT2D eigenvalue weighted by atomic mass is 16.5. The third kappa shape index (κ3) is 2.25. The van der Waals surface area contributed by atoms with Gasteiger partial charge in [-0.05, 0) is 12.1 Å². The first-order valence-electron chi connectivity index (χ1n) is 4.93. The van der Waals surface area contributed by atoms with Crippen LogP contribution < -0.4 is 4.74 Å². The highest BCUT2D eigenvalue weighted by Gasteiger charge is 2.27. The summed E-state index contributed by atoms with van der Waals surface area (Å²) in [4.78, 5) is 2.17. The van der Waals surface area contributed by atoms with E-state index in [0.717, 1.165) is 25.4 Å². The van der Waals surface area contributed by atoms with E-state index in [4.69, 9.17) is 9.84 Å². The summed E-state index contributed by atoms with van der Waals surface area (Å²) < 4.78 is 5.70. The number of aliphatic hydroxyl groups is 1. The molecule has 0 amide bonds. The molecule has 14 heavy (non-hydrogen) atoms. The maximum atomic E-state index is 8.70. The minimum atomic E-state index is 0.234. The van der Waals surface area contributed by atoms with Gasteiger partial charge in [0.2, 0.25) is 0 Å². The van der Waals surface area contributed by atoms with Crippen molar-refractivity contribution < 1.29 is 9.84 Å². The topological polar surface area (TPSA) is 32.7 Å². The van der Waals surface area contributed by atoms with Crippen LogP contribution in [0.25, 0.3) is 0 Å². The number of aliphatic hydroxyl groups excluding tert-OH is 1. The molecule has 1 saturated heterocycles. The SMILES string of the molecule is OCCN1CC(Oc2ccccc2)C1. The maximum Gasteiger partial charge on any atom is 0.124 e. The molecule has 0 aliphatic carbocycles.